The van der Waals surface area contributed by atoms with Crippen molar-refractivity contribution in [2.75, 3.05) is 35.3 Å². The number of nitrogens with one attached hydrogen (secondary N) is 1. The highest BCUT2D eigenvalue weighted by molar-refractivity contribution is 6.29. The summed E-state index contributed by atoms with van der Waals surface area (Å²) in [5.74, 6) is -0.852. The molecular formula is C28H31ClN6O6. The van der Waals surface area contributed by atoms with Crippen molar-refractivity contribution in [3.8, 4) is 11.5 Å². The number of aliphatic hydroxyl groups excluding tert-OH is 1. The second-order valence-electron chi connectivity index (χ2n) is 9.25. The molecule has 2 aromatic rings. The van der Waals surface area contributed by atoms with E-state index >= 15 is 0 Å². The Labute approximate surface area is 241 Å². The third kappa shape index (κ3) is 6.79. The number of hydrogen-bond donors (Lipinski definition) is 4. The van der Waals surface area contributed by atoms with Crippen LogP contribution in [0.25, 0.3) is 0 Å². The quantitative estimate of drug-likeness (QED) is 0.181. The molecule has 3 unspecified atom stereocenters. The first-order valence-electron chi connectivity index (χ1n) is 12.7. The van der Waals surface area contributed by atoms with Crippen LogP contribution in [0.2, 0.25) is 0 Å². The summed E-state index contributed by atoms with van der Waals surface area (Å²) in [4.78, 5) is 44.4. The van der Waals surface area contributed by atoms with E-state index in [-0.39, 0.29) is 38.0 Å². The Bertz CT molecular complexity index is 1380. The van der Waals surface area contributed by atoms with Crippen molar-refractivity contribution in [1.29, 1.82) is 0 Å². The maximum atomic E-state index is 12.9. The Morgan fingerprint density at radius 2 is 1.90 bits per heavy atom. The minimum atomic E-state index is -1.02. The maximum absolute atomic E-state index is 12.9. The highest BCUT2D eigenvalue weighted by Crippen LogP contribution is 2.36. The van der Waals surface area contributed by atoms with Gasteiger partial charge in [0.2, 0.25) is 5.91 Å². The standard InChI is InChI=1S/C28H31ClN6O6/c1-2-25(36)34-15-23(27(31)38)41-22-9-17(7-8-20(22)34)12-32-13-18(11-30)14-33-28(39)24-16-35(26(37)10-29)19-5-3-4-6-21(19)40-24/h2-9,11,13,23-25,36H,1,10,12,14-16,30H2,(H2,31,38)(H,33,39). The molecule has 6 N–H and O–H groups in total. The lowest BCUT2D eigenvalue weighted by Crippen LogP contribution is -2.51. The summed E-state index contributed by atoms with van der Waals surface area (Å²) in [5.41, 5.74) is 13.6. The van der Waals surface area contributed by atoms with E-state index in [0.29, 0.717) is 28.4 Å². The summed E-state index contributed by atoms with van der Waals surface area (Å²) in [7, 11) is 0. The summed E-state index contributed by atoms with van der Waals surface area (Å²) < 4.78 is 11.6. The number of aliphatic hydroxyl groups is 1. The van der Waals surface area contributed by atoms with Crippen LogP contribution in [0.1, 0.15) is 5.56 Å². The maximum Gasteiger partial charge on any atom is 0.263 e. The van der Waals surface area contributed by atoms with Crippen LogP contribution in [0.4, 0.5) is 11.4 Å². The molecule has 0 saturated heterocycles. The summed E-state index contributed by atoms with van der Waals surface area (Å²) in [6, 6.07) is 12.2. The van der Waals surface area contributed by atoms with Crippen LogP contribution in [0.3, 0.4) is 0 Å². The molecule has 13 heteroatoms. The topological polar surface area (TPSA) is 173 Å². The molecule has 2 aromatic carbocycles. The van der Waals surface area contributed by atoms with Crippen molar-refractivity contribution in [2.45, 2.75) is 25.0 Å². The number of ether oxygens (including phenoxy) is 2. The minimum absolute atomic E-state index is 0.0163. The second kappa shape index (κ2) is 13.2. The average molecular weight is 583 g/mol. The number of para-hydroxylation sites is 2. The highest BCUT2D eigenvalue weighted by Gasteiger charge is 2.34. The first kappa shape index (κ1) is 29.4. The normalized spacial score (nSPS) is 18.9. The van der Waals surface area contributed by atoms with Gasteiger partial charge in [-0.2, -0.15) is 0 Å². The van der Waals surface area contributed by atoms with Gasteiger partial charge in [0.25, 0.3) is 11.8 Å². The number of amides is 3. The second-order valence-corrected chi connectivity index (χ2v) is 9.52. The van der Waals surface area contributed by atoms with Gasteiger partial charge in [0.15, 0.2) is 12.2 Å². The van der Waals surface area contributed by atoms with Gasteiger partial charge in [0.05, 0.1) is 31.0 Å². The van der Waals surface area contributed by atoms with Crippen LogP contribution in [-0.2, 0) is 20.9 Å². The van der Waals surface area contributed by atoms with E-state index in [1.54, 1.807) is 41.3 Å². The summed E-state index contributed by atoms with van der Waals surface area (Å²) in [6.07, 6.45) is 1.31. The van der Waals surface area contributed by atoms with Crippen molar-refractivity contribution >= 4 is 46.9 Å². The smallest absolute Gasteiger partial charge is 0.263 e. The zero-order valence-corrected chi connectivity index (χ0v) is 22.9. The van der Waals surface area contributed by atoms with Crippen molar-refractivity contribution < 1.29 is 29.0 Å². The minimum Gasteiger partial charge on any atom is -0.477 e. The van der Waals surface area contributed by atoms with Crippen molar-refractivity contribution in [2.24, 2.45) is 16.5 Å². The lowest BCUT2D eigenvalue weighted by atomic mass is 10.1. The van der Waals surface area contributed by atoms with E-state index in [4.69, 9.17) is 32.5 Å². The Morgan fingerprint density at radius 1 is 1.15 bits per heavy atom. The van der Waals surface area contributed by atoms with Crippen LogP contribution >= 0.6 is 11.6 Å². The number of nitrogens with two attached hydrogens (primary N) is 2. The number of anilines is 2. The van der Waals surface area contributed by atoms with Crippen molar-refractivity contribution in [3.05, 3.63) is 72.5 Å². The molecule has 0 aromatic heterocycles. The molecular weight excluding hydrogens is 552 g/mol. The van der Waals surface area contributed by atoms with Crippen molar-refractivity contribution in [1.82, 2.24) is 5.32 Å². The Kier molecular flexibility index (Phi) is 9.48. The van der Waals surface area contributed by atoms with Gasteiger partial charge < -0.3 is 41.2 Å². The number of nitrogens with zero attached hydrogens (tertiary/aromatic N) is 3. The molecule has 0 saturated carbocycles. The lowest BCUT2D eigenvalue weighted by Gasteiger charge is -2.37. The summed E-state index contributed by atoms with van der Waals surface area (Å²) in [6.45, 7) is 4.02. The van der Waals surface area contributed by atoms with Gasteiger partial charge >= 0.3 is 0 Å². The molecule has 0 fully saturated rings. The number of benzene rings is 2. The third-order valence-electron chi connectivity index (χ3n) is 6.51. The molecule has 2 aliphatic heterocycles. The van der Waals surface area contributed by atoms with Crippen LogP contribution in [0.5, 0.6) is 11.5 Å². The first-order chi connectivity index (χ1) is 19.7. The molecule has 4 rings (SSSR count). The average Bonchev–Trinajstić information content (AvgIpc) is 3.00. The van der Waals surface area contributed by atoms with Crippen LogP contribution in [-0.4, -0.2) is 73.0 Å². The lowest BCUT2D eigenvalue weighted by molar-refractivity contribution is -0.128. The first-order valence-corrected chi connectivity index (χ1v) is 13.3. The number of aliphatic imine (C=N–C) groups is 1. The fourth-order valence-corrected chi connectivity index (χ4v) is 4.52. The number of alkyl halides is 1. The molecule has 12 nitrogen and oxygen atoms in total. The molecule has 2 aliphatic rings. The zero-order valence-electron chi connectivity index (χ0n) is 22.1. The van der Waals surface area contributed by atoms with E-state index in [1.807, 2.05) is 6.07 Å². The van der Waals surface area contributed by atoms with Gasteiger partial charge in [-0.15, -0.1) is 11.6 Å². The number of carbonyl (C=O) groups excluding carboxylic acids is 3. The summed E-state index contributed by atoms with van der Waals surface area (Å²) in [5, 5.41) is 13.1. The largest absolute Gasteiger partial charge is 0.477 e. The van der Waals surface area contributed by atoms with E-state index in [1.165, 1.54) is 23.4 Å². The predicted molar refractivity (Wildman–Crippen MR) is 155 cm³/mol. The molecule has 3 atom stereocenters. The number of rotatable bonds is 10. The molecule has 216 valence electrons. The van der Waals surface area contributed by atoms with Gasteiger partial charge in [-0.05, 0) is 35.9 Å². The van der Waals surface area contributed by atoms with Gasteiger partial charge in [-0.25, -0.2) is 0 Å². The molecule has 0 aliphatic carbocycles. The Balaban J connectivity index is 1.37. The molecule has 41 heavy (non-hydrogen) atoms. The van der Waals surface area contributed by atoms with E-state index in [2.05, 4.69) is 16.9 Å². The monoisotopic (exact) mass is 582 g/mol. The summed E-state index contributed by atoms with van der Waals surface area (Å²) >= 11 is 5.76. The molecule has 2 heterocycles. The molecule has 3 amide bonds. The number of primary amides is 1. The number of fused-ring (bicyclic) bond motifs is 2. The number of halogens is 1. The van der Waals surface area contributed by atoms with Gasteiger partial charge in [0.1, 0.15) is 23.6 Å². The highest BCUT2D eigenvalue weighted by atomic mass is 35.5. The zero-order chi connectivity index (χ0) is 29.5. The Hall–Kier alpha value is -4.55. The van der Waals surface area contributed by atoms with Gasteiger partial charge in [-0.1, -0.05) is 24.8 Å². The van der Waals surface area contributed by atoms with Crippen LogP contribution < -0.4 is 36.1 Å². The molecule has 0 bridgehead atoms. The molecule has 0 radical (unpaired) electrons. The SMILES string of the molecule is C=CC(O)N1CC(C(N)=O)Oc2cc(CN=CC(=CN)CNC(=O)C3CN(C(=O)CCl)c4ccccc4O3)ccc21. The van der Waals surface area contributed by atoms with Crippen LogP contribution in [0, 0.1) is 0 Å². The van der Waals surface area contributed by atoms with Gasteiger partial charge in [0, 0.05) is 24.5 Å². The van der Waals surface area contributed by atoms with Crippen molar-refractivity contribution in [3.63, 3.8) is 0 Å². The van der Waals surface area contributed by atoms with E-state index in [0.717, 1.165) is 5.56 Å². The number of carbonyl (C=O) groups is 3. The van der Waals surface area contributed by atoms with Crippen LogP contribution in [0.15, 0.2) is 71.9 Å². The molecule has 0 spiro atoms. The fourth-order valence-electron chi connectivity index (χ4n) is 4.38. The third-order valence-corrected chi connectivity index (χ3v) is 6.73. The van der Waals surface area contributed by atoms with E-state index < -0.39 is 30.3 Å². The Morgan fingerprint density at radius 3 is 2.61 bits per heavy atom. The predicted octanol–water partition coefficient (Wildman–Crippen LogP) is 0.806. The number of hydrogen-bond acceptors (Lipinski definition) is 9. The fraction of sp³-hybridized carbons (Fsp3) is 0.286. The van der Waals surface area contributed by atoms with E-state index in [9.17, 15) is 19.5 Å². The van der Waals surface area contributed by atoms with Gasteiger partial charge in [-0.3, -0.25) is 19.4 Å².